The van der Waals surface area contributed by atoms with E-state index < -0.39 is 32.3 Å². The normalized spacial score (nSPS) is 13.0. The lowest BCUT2D eigenvalue weighted by atomic mass is 10.2. The van der Waals surface area contributed by atoms with Crippen LogP contribution in [-0.4, -0.2) is 35.8 Å². The Bertz CT molecular complexity index is 790. The molecule has 0 amide bonds. The van der Waals surface area contributed by atoms with Crippen molar-refractivity contribution in [3.05, 3.63) is 48.0 Å². The van der Waals surface area contributed by atoms with Crippen molar-refractivity contribution < 1.29 is 22.7 Å². The zero-order chi connectivity index (χ0) is 17.0. The Kier molecular flexibility index (Phi) is 5.12. The maximum absolute atomic E-state index is 14.0. The molecule has 2 rings (SSSR count). The van der Waals surface area contributed by atoms with Crippen LogP contribution in [0.4, 0.5) is 4.39 Å². The first-order valence-corrected chi connectivity index (χ1v) is 8.28. The van der Waals surface area contributed by atoms with Crippen molar-refractivity contribution >= 4 is 16.0 Å². The summed E-state index contributed by atoms with van der Waals surface area (Å²) in [5, 5.41) is 12.9. The number of carbonyl (C=O) groups is 1. The summed E-state index contributed by atoms with van der Waals surface area (Å²) in [7, 11) is -4.14. The number of hydrogen-bond acceptors (Lipinski definition) is 4. The second kappa shape index (κ2) is 6.88. The summed E-state index contributed by atoms with van der Waals surface area (Å²) in [6.07, 6.45) is 3.37. The quantitative estimate of drug-likeness (QED) is 0.791. The molecule has 0 spiro atoms. The van der Waals surface area contributed by atoms with Gasteiger partial charge in [-0.25, -0.2) is 22.3 Å². The molecule has 124 valence electrons. The van der Waals surface area contributed by atoms with E-state index in [1.165, 1.54) is 6.07 Å². The van der Waals surface area contributed by atoms with Crippen molar-refractivity contribution in [3.8, 4) is 0 Å². The minimum absolute atomic E-state index is 0.0684. The topological polar surface area (TPSA) is 101 Å². The van der Waals surface area contributed by atoms with Gasteiger partial charge in [-0.3, -0.25) is 4.68 Å². The van der Waals surface area contributed by atoms with E-state index in [0.29, 0.717) is 6.54 Å². The van der Waals surface area contributed by atoms with E-state index in [-0.39, 0.29) is 12.5 Å². The van der Waals surface area contributed by atoms with Crippen LogP contribution in [0, 0.1) is 11.7 Å². The second-order valence-corrected chi connectivity index (χ2v) is 6.84. The molecule has 0 fully saturated rings. The third kappa shape index (κ3) is 4.14. The number of hydrogen-bond donors (Lipinski definition) is 2. The van der Waals surface area contributed by atoms with Crippen molar-refractivity contribution in [2.75, 3.05) is 6.54 Å². The molecule has 1 heterocycles. The molecule has 1 aromatic heterocycles. The molecule has 9 heteroatoms. The fourth-order valence-electron chi connectivity index (χ4n) is 2.01. The third-order valence-electron chi connectivity index (χ3n) is 3.16. The van der Waals surface area contributed by atoms with Crippen LogP contribution in [0.25, 0.3) is 0 Å². The van der Waals surface area contributed by atoms with E-state index in [0.717, 1.165) is 12.1 Å². The number of benzene rings is 1. The Morgan fingerprint density at radius 1 is 1.43 bits per heavy atom. The van der Waals surface area contributed by atoms with Gasteiger partial charge in [-0.15, -0.1) is 0 Å². The number of halogens is 1. The zero-order valence-electron chi connectivity index (χ0n) is 12.3. The van der Waals surface area contributed by atoms with Crippen molar-refractivity contribution in [3.63, 3.8) is 0 Å². The zero-order valence-corrected chi connectivity index (χ0v) is 13.1. The molecule has 2 aromatic rings. The van der Waals surface area contributed by atoms with Gasteiger partial charge in [-0.05, 0) is 24.1 Å². The maximum atomic E-state index is 14.0. The van der Waals surface area contributed by atoms with Crippen LogP contribution >= 0.6 is 0 Å². The molecule has 0 aliphatic carbocycles. The lowest BCUT2D eigenvalue weighted by molar-refractivity contribution is 0.0691. The monoisotopic (exact) mass is 341 g/mol. The summed E-state index contributed by atoms with van der Waals surface area (Å²) in [5.74, 6) is -2.88. The average molecular weight is 341 g/mol. The first-order chi connectivity index (χ1) is 10.8. The number of aromatic nitrogens is 2. The molecule has 1 unspecified atom stereocenters. The number of nitrogens with one attached hydrogen (secondary N) is 1. The Labute approximate surface area is 132 Å². The summed E-state index contributed by atoms with van der Waals surface area (Å²) in [5.41, 5.74) is -0.683. The molecule has 0 aliphatic rings. The summed E-state index contributed by atoms with van der Waals surface area (Å²) >= 11 is 0. The van der Waals surface area contributed by atoms with Crippen LogP contribution in [0.5, 0.6) is 0 Å². The van der Waals surface area contributed by atoms with E-state index >= 15 is 0 Å². The van der Waals surface area contributed by atoms with Crippen LogP contribution in [0.1, 0.15) is 17.3 Å². The molecule has 0 saturated heterocycles. The maximum Gasteiger partial charge on any atom is 0.338 e. The fraction of sp³-hybridized carbons (Fsp3) is 0.286. The number of carboxylic acids is 1. The lowest BCUT2D eigenvalue weighted by Gasteiger charge is -2.14. The van der Waals surface area contributed by atoms with Gasteiger partial charge in [-0.1, -0.05) is 13.0 Å². The Morgan fingerprint density at radius 3 is 2.78 bits per heavy atom. The molecule has 7 nitrogen and oxygen atoms in total. The minimum atomic E-state index is -4.14. The summed E-state index contributed by atoms with van der Waals surface area (Å²) in [6, 6.07) is 4.98. The van der Waals surface area contributed by atoms with Gasteiger partial charge < -0.3 is 5.11 Å². The van der Waals surface area contributed by atoms with Crippen LogP contribution in [0.2, 0.25) is 0 Å². The summed E-state index contributed by atoms with van der Waals surface area (Å²) < 4.78 is 42.3. The van der Waals surface area contributed by atoms with Gasteiger partial charge in [-0.2, -0.15) is 5.10 Å². The van der Waals surface area contributed by atoms with Gasteiger partial charge in [0, 0.05) is 25.5 Å². The van der Waals surface area contributed by atoms with Crippen molar-refractivity contribution in [2.45, 2.75) is 18.4 Å². The van der Waals surface area contributed by atoms with Gasteiger partial charge in [0.15, 0.2) is 5.82 Å². The highest BCUT2D eigenvalue weighted by Crippen LogP contribution is 2.18. The number of sulfonamides is 1. The van der Waals surface area contributed by atoms with Crippen molar-refractivity contribution in [2.24, 2.45) is 5.92 Å². The summed E-state index contributed by atoms with van der Waals surface area (Å²) in [6.45, 7) is 2.38. The fourth-order valence-corrected chi connectivity index (χ4v) is 3.27. The molecule has 1 aromatic carbocycles. The molecule has 1 atom stereocenters. The van der Waals surface area contributed by atoms with Crippen LogP contribution in [0.15, 0.2) is 41.6 Å². The third-order valence-corrected chi connectivity index (χ3v) is 4.60. The smallest absolute Gasteiger partial charge is 0.338 e. The molecule has 23 heavy (non-hydrogen) atoms. The van der Waals surface area contributed by atoms with E-state index in [1.807, 2.05) is 6.92 Å². The highest BCUT2D eigenvalue weighted by Gasteiger charge is 2.23. The molecule has 0 radical (unpaired) electrons. The Morgan fingerprint density at radius 2 is 2.17 bits per heavy atom. The Hall–Kier alpha value is -2.26. The molecule has 0 saturated carbocycles. The van der Waals surface area contributed by atoms with Crippen LogP contribution in [0.3, 0.4) is 0 Å². The molecule has 0 aliphatic heterocycles. The largest absolute Gasteiger partial charge is 0.478 e. The van der Waals surface area contributed by atoms with E-state index in [1.54, 1.807) is 23.1 Å². The molecule has 2 N–H and O–H groups in total. The first-order valence-electron chi connectivity index (χ1n) is 6.80. The number of aromatic carboxylic acids is 1. The molecular formula is C14H16FN3O4S. The van der Waals surface area contributed by atoms with E-state index in [4.69, 9.17) is 5.11 Å². The first kappa shape index (κ1) is 17.1. The van der Waals surface area contributed by atoms with E-state index in [9.17, 15) is 17.6 Å². The van der Waals surface area contributed by atoms with E-state index in [2.05, 4.69) is 9.82 Å². The molecule has 0 bridgehead atoms. The predicted molar refractivity (Wildman–Crippen MR) is 79.9 cm³/mol. The van der Waals surface area contributed by atoms with Gasteiger partial charge in [0.2, 0.25) is 10.0 Å². The van der Waals surface area contributed by atoms with Crippen LogP contribution in [-0.2, 0) is 16.6 Å². The second-order valence-electron chi connectivity index (χ2n) is 5.11. The molecular weight excluding hydrogens is 325 g/mol. The summed E-state index contributed by atoms with van der Waals surface area (Å²) in [4.78, 5) is 10.2. The lowest BCUT2D eigenvalue weighted by Crippen LogP contribution is -2.31. The van der Waals surface area contributed by atoms with Gasteiger partial charge in [0.05, 0.1) is 5.56 Å². The number of nitrogens with zero attached hydrogens (tertiary/aromatic N) is 2. The average Bonchev–Trinajstić information content (AvgIpc) is 2.98. The predicted octanol–water partition coefficient (Wildman–Crippen LogP) is 1.33. The van der Waals surface area contributed by atoms with Gasteiger partial charge >= 0.3 is 5.97 Å². The minimum Gasteiger partial charge on any atom is -0.478 e. The SMILES string of the molecule is CC(CNS(=O)(=O)c1cccc(C(=O)O)c1F)Cn1cccn1. The van der Waals surface area contributed by atoms with Gasteiger partial charge in [0.1, 0.15) is 4.90 Å². The standard InChI is InChI=1S/C14H16FN3O4S/c1-10(9-18-7-3-6-16-18)8-17-23(21,22)12-5-2-4-11(13(12)15)14(19)20/h2-7,10,17H,8-9H2,1H3,(H,19,20). The van der Waals surface area contributed by atoms with Crippen molar-refractivity contribution in [1.82, 2.24) is 14.5 Å². The number of rotatable bonds is 7. The van der Waals surface area contributed by atoms with Crippen LogP contribution < -0.4 is 4.72 Å². The van der Waals surface area contributed by atoms with Gasteiger partial charge in [0.25, 0.3) is 0 Å². The number of carboxylic acid groups (broad SMARTS) is 1. The highest BCUT2D eigenvalue weighted by atomic mass is 32.2. The van der Waals surface area contributed by atoms with Crippen molar-refractivity contribution in [1.29, 1.82) is 0 Å². The Balaban J connectivity index is 2.10. The highest BCUT2D eigenvalue weighted by molar-refractivity contribution is 7.89.